The van der Waals surface area contributed by atoms with Gasteiger partial charge in [0, 0.05) is 0 Å². The summed E-state index contributed by atoms with van der Waals surface area (Å²) in [5, 5.41) is 0. The molecule has 4 heteroatoms. The minimum absolute atomic E-state index is 0.294. The van der Waals surface area contributed by atoms with Crippen molar-refractivity contribution in [3.8, 4) is 0 Å². The Labute approximate surface area is 177 Å². The van der Waals surface area contributed by atoms with E-state index >= 15 is 0 Å². The third-order valence-corrected chi connectivity index (χ3v) is 5.08. The fourth-order valence-electron chi connectivity index (χ4n) is 3.27. The highest BCUT2D eigenvalue weighted by molar-refractivity contribution is 6.03. The molecular formula is C25H40O4. The van der Waals surface area contributed by atoms with Crippen molar-refractivity contribution < 1.29 is 19.1 Å². The highest BCUT2D eigenvalue weighted by Crippen LogP contribution is 2.14. The quantitative estimate of drug-likeness (QED) is 0.205. The van der Waals surface area contributed by atoms with E-state index in [1.807, 2.05) is 0 Å². The molecule has 1 aromatic rings. The van der Waals surface area contributed by atoms with Crippen LogP contribution in [0.2, 0.25) is 0 Å². The van der Waals surface area contributed by atoms with Crippen molar-refractivity contribution in [1.82, 2.24) is 0 Å². The first kappa shape index (κ1) is 25.2. The van der Waals surface area contributed by atoms with E-state index in [4.69, 9.17) is 9.47 Å². The summed E-state index contributed by atoms with van der Waals surface area (Å²) in [7, 11) is 0. The van der Waals surface area contributed by atoms with Gasteiger partial charge in [0.15, 0.2) is 0 Å². The van der Waals surface area contributed by atoms with Crippen LogP contribution < -0.4 is 0 Å². The third kappa shape index (κ3) is 11.7. The Balaban J connectivity index is 2.32. The monoisotopic (exact) mass is 404 g/mol. The number of carbonyl (C=O) groups is 2. The van der Waals surface area contributed by atoms with Crippen LogP contribution in [0.1, 0.15) is 118 Å². The molecule has 0 spiro atoms. The fraction of sp³-hybridized carbons (Fsp3) is 0.680. The zero-order chi connectivity index (χ0) is 21.2. The lowest BCUT2D eigenvalue weighted by Gasteiger charge is -2.10. The topological polar surface area (TPSA) is 52.6 Å². The highest BCUT2D eigenvalue weighted by atomic mass is 16.5. The third-order valence-electron chi connectivity index (χ3n) is 5.08. The van der Waals surface area contributed by atoms with E-state index in [-0.39, 0.29) is 0 Å². The molecule has 4 nitrogen and oxygen atoms in total. The number of unbranched alkanes of at least 4 members (excludes halogenated alkanes) is 11. The van der Waals surface area contributed by atoms with Gasteiger partial charge in [0.25, 0.3) is 0 Å². The molecule has 0 unspecified atom stereocenters. The molecule has 0 N–H and O–H groups in total. The normalized spacial score (nSPS) is 10.7. The van der Waals surface area contributed by atoms with Crippen molar-refractivity contribution in [1.29, 1.82) is 0 Å². The maximum absolute atomic E-state index is 12.4. The van der Waals surface area contributed by atoms with E-state index in [1.54, 1.807) is 24.3 Å². The lowest BCUT2D eigenvalue weighted by atomic mass is 10.1. The Kier molecular flexibility index (Phi) is 14.8. The van der Waals surface area contributed by atoms with Crippen LogP contribution in [-0.2, 0) is 9.47 Å². The number of carbonyl (C=O) groups excluding carboxylic acids is 2. The lowest BCUT2D eigenvalue weighted by Crippen LogP contribution is -2.15. The smallest absolute Gasteiger partial charge is 0.339 e. The Morgan fingerprint density at radius 1 is 0.586 bits per heavy atom. The van der Waals surface area contributed by atoms with Gasteiger partial charge in [-0.2, -0.15) is 0 Å². The molecule has 0 bridgehead atoms. The van der Waals surface area contributed by atoms with Crippen molar-refractivity contribution >= 4 is 11.9 Å². The number of rotatable bonds is 17. The van der Waals surface area contributed by atoms with Crippen LogP contribution in [0, 0.1) is 0 Å². The molecule has 0 heterocycles. The SMILES string of the molecule is CCCCCCCCCOC(=O)c1ccccc1C(=O)OCCCCCCCC. The number of benzene rings is 1. The van der Waals surface area contributed by atoms with E-state index in [0.29, 0.717) is 24.3 Å². The first-order valence-corrected chi connectivity index (χ1v) is 11.6. The van der Waals surface area contributed by atoms with Gasteiger partial charge in [-0.3, -0.25) is 0 Å². The van der Waals surface area contributed by atoms with Crippen molar-refractivity contribution in [3.05, 3.63) is 35.4 Å². The van der Waals surface area contributed by atoms with Gasteiger partial charge in [0.05, 0.1) is 24.3 Å². The minimum Gasteiger partial charge on any atom is -0.462 e. The Bertz CT molecular complexity index is 568. The van der Waals surface area contributed by atoms with E-state index < -0.39 is 11.9 Å². The van der Waals surface area contributed by atoms with Crippen molar-refractivity contribution in [3.63, 3.8) is 0 Å². The average molecular weight is 405 g/mol. The number of hydrogen-bond donors (Lipinski definition) is 0. The maximum Gasteiger partial charge on any atom is 0.339 e. The van der Waals surface area contributed by atoms with Crippen LogP contribution in [-0.4, -0.2) is 25.2 Å². The number of esters is 2. The predicted octanol–water partition coefficient (Wildman–Crippen LogP) is 7.11. The predicted molar refractivity (Wildman–Crippen MR) is 118 cm³/mol. The summed E-state index contributed by atoms with van der Waals surface area (Å²) in [5.41, 5.74) is 0.589. The molecule has 1 rings (SSSR count). The van der Waals surface area contributed by atoms with E-state index in [1.165, 1.54) is 57.8 Å². The summed E-state index contributed by atoms with van der Waals surface area (Å²) in [6, 6.07) is 6.76. The fourth-order valence-corrected chi connectivity index (χ4v) is 3.27. The zero-order valence-corrected chi connectivity index (χ0v) is 18.5. The number of ether oxygens (including phenoxy) is 2. The average Bonchev–Trinajstić information content (AvgIpc) is 2.74. The second kappa shape index (κ2) is 17.1. The van der Waals surface area contributed by atoms with Crippen LogP contribution in [0.25, 0.3) is 0 Å². The summed E-state index contributed by atoms with van der Waals surface area (Å²) in [4.78, 5) is 24.8. The molecule has 0 aliphatic carbocycles. The van der Waals surface area contributed by atoms with Gasteiger partial charge in [0.1, 0.15) is 0 Å². The largest absolute Gasteiger partial charge is 0.462 e. The van der Waals surface area contributed by atoms with Crippen LogP contribution in [0.4, 0.5) is 0 Å². The molecule has 1 aromatic carbocycles. The highest BCUT2D eigenvalue weighted by Gasteiger charge is 2.18. The zero-order valence-electron chi connectivity index (χ0n) is 18.5. The van der Waals surface area contributed by atoms with E-state index in [2.05, 4.69) is 13.8 Å². The van der Waals surface area contributed by atoms with Gasteiger partial charge >= 0.3 is 11.9 Å². The summed E-state index contributed by atoms with van der Waals surface area (Å²) in [5.74, 6) is -0.884. The molecule has 29 heavy (non-hydrogen) atoms. The summed E-state index contributed by atoms with van der Waals surface area (Å²) in [6.45, 7) is 5.20. The van der Waals surface area contributed by atoms with Gasteiger partial charge in [-0.25, -0.2) is 9.59 Å². The van der Waals surface area contributed by atoms with Crippen molar-refractivity contribution in [2.75, 3.05) is 13.2 Å². The molecule has 0 radical (unpaired) electrons. The molecule has 0 amide bonds. The van der Waals surface area contributed by atoms with E-state index in [0.717, 1.165) is 25.7 Å². The Morgan fingerprint density at radius 3 is 1.31 bits per heavy atom. The van der Waals surface area contributed by atoms with Crippen LogP contribution >= 0.6 is 0 Å². The summed E-state index contributed by atoms with van der Waals surface area (Å²) < 4.78 is 10.7. The molecular weight excluding hydrogens is 364 g/mol. The van der Waals surface area contributed by atoms with Gasteiger partial charge < -0.3 is 9.47 Å². The second-order valence-corrected chi connectivity index (χ2v) is 7.71. The van der Waals surface area contributed by atoms with Gasteiger partial charge in [0.2, 0.25) is 0 Å². The van der Waals surface area contributed by atoms with Crippen LogP contribution in [0.15, 0.2) is 24.3 Å². The molecule has 0 aliphatic heterocycles. The van der Waals surface area contributed by atoms with E-state index in [9.17, 15) is 9.59 Å². The maximum atomic E-state index is 12.4. The lowest BCUT2D eigenvalue weighted by molar-refractivity contribution is 0.0450. The van der Waals surface area contributed by atoms with Gasteiger partial charge in [-0.1, -0.05) is 96.6 Å². The second-order valence-electron chi connectivity index (χ2n) is 7.71. The first-order chi connectivity index (χ1) is 14.2. The summed E-state index contributed by atoms with van der Waals surface area (Å²) >= 11 is 0. The van der Waals surface area contributed by atoms with Crippen LogP contribution in [0.3, 0.4) is 0 Å². The standard InChI is InChI=1S/C25H40O4/c1-3-5-7-9-11-13-17-21-29-25(27)23-19-15-14-18-22(23)24(26)28-20-16-12-10-8-6-4-2/h14-15,18-19H,3-13,16-17,20-21H2,1-2H3. The first-order valence-electron chi connectivity index (χ1n) is 11.6. The van der Waals surface area contributed by atoms with Crippen molar-refractivity contribution in [2.24, 2.45) is 0 Å². The van der Waals surface area contributed by atoms with Crippen LogP contribution in [0.5, 0.6) is 0 Å². The number of hydrogen-bond acceptors (Lipinski definition) is 4. The van der Waals surface area contributed by atoms with Crippen molar-refractivity contribution in [2.45, 2.75) is 97.3 Å². The molecule has 0 aliphatic rings. The Morgan fingerprint density at radius 2 is 0.931 bits per heavy atom. The Hall–Kier alpha value is -1.84. The van der Waals surface area contributed by atoms with Gasteiger partial charge in [-0.15, -0.1) is 0 Å². The molecule has 164 valence electrons. The molecule has 0 saturated carbocycles. The molecule has 0 aromatic heterocycles. The minimum atomic E-state index is -0.443. The van der Waals surface area contributed by atoms with Gasteiger partial charge in [-0.05, 0) is 25.0 Å². The molecule has 0 atom stereocenters. The molecule has 0 fully saturated rings. The summed E-state index contributed by atoms with van der Waals surface area (Å²) in [6.07, 6.45) is 15.0. The molecule has 0 saturated heterocycles.